The van der Waals surface area contributed by atoms with Crippen molar-refractivity contribution in [3.63, 3.8) is 0 Å². The first-order chi connectivity index (χ1) is 8.27. The van der Waals surface area contributed by atoms with Gasteiger partial charge in [-0.2, -0.15) is 0 Å². The quantitative estimate of drug-likeness (QED) is 0.748. The van der Waals surface area contributed by atoms with Gasteiger partial charge in [0.1, 0.15) is 0 Å². The van der Waals surface area contributed by atoms with E-state index in [0.717, 1.165) is 19.0 Å². The molecule has 0 heterocycles. The summed E-state index contributed by atoms with van der Waals surface area (Å²) in [6, 6.07) is 0.720. The Balaban J connectivity index is 1.66. The van der Waals surface area contributed by atoms with Crippen molar-refractivity contribution in [2.75, 3.05) is 20.3 Å². The maximum absolute atomic E-state index is 9.59. The number of methoxy groups -OCH3 is 1. The Morgan fingerprint density at radius 3 is 2.65 bits per heavy atom. The van der Waals surface area contributed by atoms with Crippen molar-refractivity contribution < 1.29 is 9.84 Å². The van der Waals surface area contributed by atoms with Gasteiger partial charge in [-0.05, 0) is 44.1 Å². The summed E-state index contributed by atoms with van der Waals surface area (Å²) in [5.74, 6) is 0. The van der Waals surface area contributed by atoms with Crippen LogP contribution in [-0.2, 0) is 4.74 Å². The zero-order valence-electron chi connectivity index (χ0n) is 11.1. The van der Waals surface area contributed by atoms with E-state index in [1.807, 2.05) is 0 Å². The molecule has 2 unspecified atom stereocenters. The van der Waals surface area contributed by atoms with Crippen molar-refractivity contribution in [3.05, 3.63) is 0 Å². The largest absolute Gasteiger partial charge is 0.391 e. The minimum absolute atomic E-state index is 0.310. The summed E-state index contributed by atoms with van der Waals surface area (Å²) in [4.78, 5) is 0. The van der Waals surface area contributed by atoms with Crippen molar-refractivity contribution in [2.24, 2.45) is 5.41 Å². The number of ether oxygens (including phenoxy) is 1. The van der Waals surface area contributed by atoms with Gasteiger partial charge in [0.15, 0.2) is 0 Å². The molecule has 0 radical (unpaired) electrons. The molecule has 100 valence electrons. The van der Waals surface area contributed by atoms with Crippen molar-refractivity contribution >= 4 is 0 Å². The zero-order chi connectivity index (χ0) is 12.1. The Labute approximate surface area is 105 Å². The van der Waals surface area contributed by atoms with Crippen LogP contribution >= 0.6 is 0 Å². The summed E-state index contributed by atoms with van der Waals surface area (Å²) >= 11 is 0. The molecule has 0 aliphatic heterocycles. The Morgan fingerprint density at radius 2 is 2.06 bits per heavy atom. The number of rotatable bonds is 6. The van der Waals surface area contributed by atoms with Crippen molar-refractivity contribution in [2.45, 2.75) is 63.5 Å². The van der Waals surface area contributed by atoms with Gasteiger partial charge in [0.05, 0.1) is 12.7 Å². The summed E-state index contributed by atoms with van der Waals surface area (Å²) in [7, 11) is 1.64. The monoisotopic (exact) mass is 241 g/mol. The first-order valence-electron chi connectivity index (χ1n) is 7.17. The third kappa shape index (κ3) is 3.21. The van der Waals surface area contributed by atoms with Crippen LogP contribution < -0.4 is 5.32 Å². The first kappa shape index (κ1) is 13.3. The Morgan fingerprint density at radius 1 is 1.29 bits per heavy atom. The van der Waals surface area contributed by atoms with Crippen LogP contribution in [0.2, 0.25) is 0 Å². The molecule has 0 amide bonds. The maximum Gasteiger partial charge on any atom is 0.0785 e. The van der Waals surface area contributed by atoms with Gasteiger partial charge >= 0.3 is 0 Å². The fourth-order valence-electron chi connectivity index (χ4n) is 3.57. The zero-order valence-corrected chi connectivity index (χ0v) is 11.1. The van der Waals surface area contributed by atoms with Crippen LogP contribution in [0.3, 0.4) is 0 Å². The Bertz CT molecular complexity index is 226. The second kappa shape index (κ2) is 6.17. The molecule has 17 heavy (non-hydrogen) atoms. The average Bonchev–Trinajstić information content (AvgIpc) is 2.35. The normalized spacial score (nSPS) is 28.9. The van der Waals surface area contributed by atoms with Crippen LogP contribution in [0.4, 0.5) is 0 Å². The second-order valence-corrected chi connectivity index (χ2v) is 5.87. The Hall–Kier alpha value is -0.120. The van der Waals surface area contributed by atoms with E-state index >= 15 is 0 Å². The SMILES string of the molecule is COCC(O)CCNC1CCC12CCCCC2. The molecule has 2 fully saturated rings. The summed E-state index contributed by atoms with van der Waals surface area (Å²) in [6.45, 7) is 1.38. The molecule has 2 atom stereocenters. The minimum atomic E-state index is -0.310. The molecule has 2 aliphatic carbocycles. The minimum Gasteiger partial charge on any atom is -0.391 e. The fraction of sp³-hybridized carbons (Fsp3) is 1.00. The molecular formula is C14H27NO2. The first-order valence-corrected chi connectivity index (χ1v) is 7.17. The van der Waals surface area contributed by atoms with E-state index in [1.165, 1.54) is 44.9 Å². The molecule has 0 bridgehead atoms. The summed E-state index contributed by atoms with van der Waals surface area (Å²) < 4.78 is 4.93. The molecule has 0 saturated heterocycles. The molecule has 2 aliphatic rings. The molecule has 3 heteroatoms. The van der Waals surface area contributed by atoms with Crippen molar-refractivity contribution in [3.8, 4) is 0 Å². The van der Waals surface area contributed by atoms with E-state index in [1.54, 1.807) is 7.11 Å². The van der Waals surface area contributed by atoms with Gasteiger partial charge in [0, 0.05) is 13.2 Å². The lowest BCUT2D eigenvalue weighted by Gasteiger charge is -2.52. The number of hydrogen-bond acceptors (Lipinski definition) is 3. The summed E-state index contributed by atoms with van der Waals surface area (Å²) in [5.41, 5.74) is 0.629. The van der Waals surface area contributed by atoms with Gasteiger partial charge in [0.25, 0.3) is 0 Å². The van der Waals surface area contributed by atoms with E-state index in [-0.39, 0.29) is 6.10 Å². The molecule has 2 saturated carbocycles. The number of hydrogen-bond donors (Lipinski definition) is 2. The third-order valence-electron chi connectivity index (χ3n) is 4.75. The molecule has 1 spiro atoms. The number of nitrogens with one attached hydrogen (secondary N) is 1. The standard InChI is InChI=1S/C14H27NO2/c1-17-11-12(16)6-10-15-13-5-9-14(13)7-3-2-4-8-14/h12-13,15-16H,2-11H2,1H3. The van der Waals surface area contributed by atoms with Crippen LogP contribution in [0.15, 0.2) is 0 Å². The molecule has 2 N–H and O–H groups in total. The highest BCUT2D eigenvalue weighted by atomic mass is 16.5. The predicted octanol–water partition coefficient (Wildman–Crippen LogP) is 2.09. The summed E-state index contributed by atoms with van der Waals surface area (Å²) in [6.07, 6.45) is 10.4. The van der Waals surface area contributed by atoms with Gasteiger partial charge in [-0.3, -0.25) is 0 Å². The lowest BCUT2D eigenvalue weighted by atomic mass is 9.57. The van der Waals surface area contributed by atoms with E-state index in [4.69, 9.17) is 4.74 Å². The third-order valence-corrected chi connectivity index (χ3v) is 4.75. The highest BCUT2D eigenvalue weighted by molar-refractivity contribution is 5.01. The molecule has 2 rings (SSSR count). The molecule has 0 aromatic heterocycles. The fourth-order valence-corrected chi connectivity index (χ4v) is 3.57. The molecular weight excluding hydrogens is 214 g/mol. The van der Waals surface area contributed by atoms with E-state index in [9.17, 15) is 5.11 Å². The van der Waals surface area contributed by atoms with Crippen LogP contribution in [0, 0.1) is 5.41 Å². The maximum atomic E-state index is 9.59. The number of aliphatic hydroxyl groups is 1. The Kier molecular flexibility index (Phi) is 4.83. The molecule has 3 nitrogen and oxygen atoms in total. The van der Waals surface area contributed by atoms with Gasteiger partial charge < -0.3 is 15.2 Å². The number of aliphatic hydroxyl groups excluding tert-OH is 1. The van der Waals surface area contributed by atoms with Crippen molar-refractivity contribution in [1.29, 1.82) is 0 Å². The van der Waals surface area contributed by atoms with Crippen LogP contribution in [0.1, 0.15) is 51.4 Å². The average molecular weight is 241 g/mol. The van der Waals surface area contributed by atoms with E-state index < -0.39 is 0 Å². The lowest BCUT2D eigenvalue weighted by Crippen LogP contribution is -2.54. The highest BCUT2D eigenvalue weighted by Gasteiger charge is 2.46. The highest BCUT2D eigenvalue weighted by Crippen LogP contribution is 2.51. The molecule has 0 aromatic rings. The van der Waals surface area contributed by atoms with Gasteiger partial charge in [-0.15, -0.1) is 0 Å². The lowest BCUT2D eigenvalue weighted by molar-refractivity contribution is 0.0171. The van der Waals surface area contributed by atoms with Crippen molar-refractivity contribution in [1.82, 2.24) is 5.32 Å². The van der Waals surface area contributed by atoms with E-state index in [2.05, 4.69) is 5.32 Å². The smallest absolute Gasteiger partial charge is 0.0785 e. The topological polar surface area (TPSA) is 41.5 Å². The van der Waals surface area contributed by atoms with Crippen LogP contribution in [0.5, 0.6) is 0 Å². The van der Waals surface area contributed by atoms with E-state index in [0.29, 0.717) is 12.0 Å². The van der Waals surface area contributed by atoms with Gasteiger partial charge in [-0.1, -0.05) is 19.3 Å². The van der Waals surface area contributed by atoms with Gasteiger partial charge in [-0.25, -0.2) is 0 Å². The summed E-state index contributed by atoms with van der Waals surface area (Å²) in [5, 5.41) is 13.2. The molecule has 0 aromatic carbocycles. The van der Waals surface area contributed by atoms with Crippen LogP contribution in [-0.4, -0.2) is 37.5 Å². The van der Waals surface area contributed by atoms with Gasteiger partial charge in [0.2, 0.25) is 0 Å². The predicted molar refractivity (Wildman–Crippen MR) is 69.0 cm³/mol. The van der Waals surface area contributed by atoms with Crippen LogP contribution in [0.25, 0.3) is 0 Å². The second-order valence-electron chi connectivity index (χ2n) is 5.87.